The van der Waals surface area contributed by atoms with Gasteiger partial charge in [0.2, 0.25) is 0 Å². The summed E-state index contributed by atoms with van der Waals surface area (Å²) in [5.41, 5.74) is 1.14. The zero-order chi connectivity index (χ0) is 12.9. The predicted octanol–water partition coefficient (Wildman–Crippen LogP) is 2.72. The topological polar surface area (TPSA) is 35.5 Å². The SMILES string of the molecule is Cc1ccc(OCOCC(F)(F)F)c(C=O)c1. The monoisotopic (exact) mass is 248 g/mol. The van der Waals surface area contributed by atoms with Crippen LogP contribution in [-0.4, -0.2) is 25.9 Å². The lowest BCUT2D eigenvalue weighted by molar-refractivity contribution is -0.186. The number of aryl methyl sites for hydroxylation is 1. The highest BCUT2D eigenvalue weighted by molar-refractivity contribution is 5.79. The van der Waals surface area contributed by atoms with Gasteiger partial charge < -0.3 is 9.47 Å². The first-order valence-corrected chi connectivity index (χ1v) is 4.75. The highest BCUT2D eigenvalue weighted by Crippen LogP contribution is 2.19. The Hall–Kier alpha value is -1.56. The van der Waals surface area contributed by atoms with Crippen molar-refractivity contribution < 1.29 is 27.4 Å². The van der Waals surface area contributed by atoms with Crippen molar-refractivity contribution in [3.8, 4) is 5.75 Å². The molecule has 94 valence electrons. The highest BCUT2D eigenvalue weighted by atomic mass is 19.4. The van der Waals surface area contributed by atoms with Gasteiger partial charge in [0.15, 0.2) is 13.1 Å². The molecule has 0 saturated heterocycles. The predicted molar refractivity (Wildman–Crippen MR) is 54.1 cm³/mol. The minimum Gasteiger partial charge on any atom is -0.467 e. The minimum absolute atomic E-state index is 0.202. The van der Waals surface area contributed by atoms with Crippen molar-refractivity contribution >= 4 is 6.29 Å². The third kappa shape index (κ3) is 4.86. The fraction of sp³-hybridized carbons (Fsp3) is 0.364. The lowest BCUT2D eigenvalue weighted by Crippen LogP contribution is -2.19. The third-order valence-corrected chi connectivity index (χ3v) is 1.86. The van der Waals surface area contributed by atoms with Gasteiger partial charge in [0.05, 0.1) is 5.56 Å². The maximum Gasteiger partial charge on any atom is 0.411 e. The second kappa shape index (κ2) is 5.67. The summed E-state index contributed by atoms with van der Waals surface area (Å²) in [7, 11) is 0. The molecule has 1 aromatic carbocycles. The first-order valence-electron chi connectivity index (χ1n) is 4.75. The molecule has 0 N–H and O–H groups in total. The third-order valence-electron chi connectivity index (χ3n) is 1.86. The standard InChI is InChI=1S/C11H11F3O3/c1-8-2-3-10(9(4-8)5-15)17-7-16-6-11(12,13)14/h2-5H,6-7H2,1H3. The first kappa shape index (κ1) is 13.5. The van der Waals surface area contributed by atoms with Crippen molar-refractivity contribution in [2.24, 2.45) is 0 Å². The molecule has 6 heteroatoms. The van der Waals surface area contributed by atoms with E-state index in [4.69, 9.17) is 4.74 Å². The van der Waals surface area contributed by atoms with Crippen LogP contribution in [-0.2, 0) is 4.74 Å². The molecule has 0 radical (unpaired) electrons. The van der Waals surface area contributed by atoms with Gasteiger partial charge in [0.25, 0.3) is 0 Å². The van der Waals surface area contributed by atoms with Crippen LogP contribution in [0.1, 0.15) is 15.9 Å². The molecule has 0 aliphatic carbocycles. The summed E-state index contributed by atoms with van der Waals surface area (Å²) >= 11 is 0. The van der Waals surface area contributed by atoms with E-state index in [1.54, 1.807) is 19.1 Å². The molecule has 0 fully saturated rings. The summed E-state index contributed by atoms with van der Waals surface area (Å²) < 4.78 is 44.4. The van der Waals surface area contributed by atoms with Crippen LogP contribution < -0.4 is 4.74 Å². The van der Waals surface area contributed by atoms with E-state index in [1.807, 2.05) is 0 Å². The van der Waals surface area contributed by atoms with E-state index in [0.717, 1.165) is 5.56 Å². The second-order valence-electron chi connectivity index (χ2n) is 3.38. The summed E-state index contributed by atoms with van der Waals surface area (Å²) in [6.45, 7) is -0.143. The maximum atomic E-state index is 11.7. The quantitative estimate of drug-likeness (QED) is 0.456. The van der Waals surface area contributed by atoms with E-state index in [0.29, 0.717) is 6.29 Å². The van der Waals surface area contributed by atoms with Crippen molar-refractivity contribution in [1.82, 2.24) is 0 Å². The molecule has 0 spiro atoms. The van der Waals surface area contributed by atoms with Gasteiger partial charge in [-0.05, 0) is 19.1 Å². The normalized spacial score (nSPS) is 11.3. The molecule has 0 aliphatic heterocycles. The fourth-order valence-electron chi connectivity index (χ4n) is 1.15. The van der Waals surface area contributed by atoms with Gasteiger partial charge in [-0.1, -0.05) is 11.6 Å². The molecular weight excluding hydrogens is 237 g/mol. The van der Waals surface area contributed by atoms with Gasteiger partial charge in [0, 0.05) is 0 Å². The molecule has 0 saturated carbocycles. The van der Waals surface area contributed by atoms with Gasteiger partial charge in [-0.2, -0.15) is 13.2 Å². The number of hydrogen-bond donors (Lipinski definition) is 0. The highest BCUT2D eigenvalue weighted by Gasteiger charge is 2.27. The van der Waals surface area contributed by atoms with E-state index >= 15 is 0 Å². The Kier molecular flexibility index (Phi) is 4.51. The minimum atomic E-state index is -4.38. The number of alkyl halides is 3. The van der Waals surface area contributed by atoms with Crippen LogP contribution in [0.5, 0.6) is 5.75 Å². The Morgan fingerprint density at radius 1 is 1.35 bits per heavy atom. The summed E-state index contributed by atoms with van der Waals surface area (Å²) in [4.78, 5) is 10.7. The molecule has 0 bridgehead atoms. The molecule has 1 aromatic rings. The molecule has 3 nitrogen and oxygen atoms in total. The number of rotatable bonds is 5. The summed E-state index contributed by atoms with van der Waals surface area (Å²) in [5.74, 6) is 0.202. The van der Waals surface area contributed by atoms with Crippen LogP contribution in [0.25, 0.3) is 0 Å². The van der Waals surface area contributed by atoms with Gasteiger partial charge in [-0.3, -0.25) is 4.79 Å². The van der Waals surface area contributed by atoms with Gasteiger partial charge in [0.1, 0.15) is 12.4 Å². The van der Waals surface area contributed by atoms with E-state index in [1.165, 1.54) is 6.07 Å². The fourth-order valence-corrected chi connectivity index (χ4v) is 1.15. The number of halogens is 3. The molecule has 0 aliphatic rings. The molecule has 0 aromatic heterocycles. The molecule has 1 rings (SSSR count). The average Bonchev–Trinajstić information content (AvgIpc) is 2.24. The van der Waals surface area contributed by atoms with Gasteiger partial charge in [-0.25, -0.2) is 0 Å². The molecule has 0 amide bonds. The smallest absolute Gasteiger partial charge is 0.411 e. The van der Waals surface area contributed by atoms with Crippen LogP contribution in [0, 0.1) is 6.92 Å². The molecule has 0 unspecified atom stereocenters. The number of carbonyl (C=O) groups is 1. The molecule has 17 heavy (non-hydrogen) atoms. The maximum absolute atomic E-state index is 11.7. The van der Waals surface area contributed by atoms with Crippen molar-refractivity contribution in [2.45, 2.75) is 13.1 Å². The number of aldehydes is 1. The van der Waals surface area contributed by atoms with Crippen LogP contribution in [0.15, 0.2) is 18.2 Å². The van der Waals surface area contributed by atoms with Crippen molar-refractivity contribution in [1.29, 1.82) is 0 Å². The molecule has 0 atom stereocenters. The van der Waals surface area contributed by atoms with Crippen LogP contribution in [0.2, 0.25) is 0 Å². The Labute approximate surface area is 96.1 Å². The van der Waals surface area contributed by atoms with E-state index in [-0.39, 0.29) is 11.3 Å². The molecular formula is C11H11F3O3. The van der Waals surface area contributed by atoms with Crippen LogP contribution in [0.3, 0.4) is 0 Å². The van der Waals surface area contributed by atoms with Crippen LogP contribution in [0.4, 0.5) is 13.2 Å². The number of benzene rings is 1. The van der Waals surface area contributed by atoms with Crippen molar-refractivity contribution in [3.05, 3.63) is 29.3 Å². The number of hydrogen-bond acceptors (Lipinski definition) is 3. The van der Waals surface area contributed by atoms with Crippen LogP contribution >= 0.6 is 0 Å². The van der Waals surface area contributed by atoms with E-state index < -0.39 is 19.6 Å². The second-order valence-corrected chi connectivity index (χ2v) is 3.38. The van der Waals surface area contributed by atoms with Gasteiger partial charge in [-0.15, -0.1) is 0 Å². The number of carbonyl (C=O) groups excluding carboxylic acids is 1. The van der Waals surface area contributed by atoms with Crippen molar-refractivity contribution in [2.75, 3.05) is 13.4 Å². The Bertz CT molecular complexity index is 388. The Balaban J connectivity index is 2.49. The molecule has 0 heterocycles. The summed E-state index contributed by atoms with van der Waals surface area (Å²) in [6, 6.07) is 4.77. The zero-order valence-electron chi connectivity index (χ0n) is 9.08. The summed E-state index contributed by atoms with van der Waals surface area (Å²) in [6.07, 6.45) is -3.81. The van der Waals surface area contributed by atoms with Crippen molar-refractivity contribution in [3.63, 3.8) is 0 Å². The first-order chi connectivity index (χ1) is 7.92. The summed E-state index contributed by atoms with van der Waals surface area (Å²) in [5, 5.41) is 0. The average molecular weight is 248 g/mol. The largest absolute Gasteiger partial charge is 0.467 e. The Morgan fingerprint density at radius 2 is 2.06 bits per heavy atom. The lowest BCUT2D eigenvalue weighted by Gasteiger charge is -2.10. The lowest BCUT2D eigenvalue weighted by atomic mass is 10.1. The van der Waals surface area contributed by atoms with E-state index in [2.05, 4.69) is 4.74 Å². The van der Waals surface area contributed by atoms with E-state index in [9.17, 15) is 18.0 Å². The number of ether oxygens (including phenoxy) is 2. The van der Waals surface area contributed by atoms with Gasteiger partial charge >= 0.3 is 6.18 Å². The Morgan fingerprint density at radius 3 is 2.65 bits per heavy atom. The zero-order valence-corrected chi connectivity index (χ0v) is 9.08.